The number of hydrogen-bond donors (Lipinski definition) is 0. The Kier molecular flexibility index (Phi) is 7.94. The Morgan fingerprint density at radius 3 is 2.48 bits per heavy atom. The molecule has 0 unspecified atom stereocenters. The van der Waals surface area contributed by atoms with Gasteiger partial charge in [0.1, 0.15) is 6.07 Å². The van der Waals surface area contributed by atoms with Gasteiger partial charge in [0.15, 0.2) is 11.4 Å². The number of likely N-dealkylation sites (N-methyl/N-ethyl adjacent to an activating group) is 1. The van der Waals surface area contributed by atoms with Gasteiger partial charge in [-0.25, -0.2) is 9.78 Å². The summed E-state index contributed by atoms with van der Waals surface area (Å²) in [5.41, 5.74) is 0.648. The number of likely N-dealkylation sites (tertiary alicyclic amines) is 2. The van der Waals surface area contributed by atoms with Crippen LogP contribution in [0.4, 0.5) is 4.79 Å². The van der Waals surface area contributed by atoms with Gasteiger partial charge in [-0.05, 0) is 55.5 Å². The topological polar surface area (TPSA) is 107 Å². The maximum absolute atomic E-state index is 13.7. The minimum atomic E-state index is -0.658. The predicted octanol–water partition coefficient (Wildman–Crippen LogP) is 4.72. The van der Waals surface area contributed by atoms with Crippen LogP contribution in [-0.4, -0.2) is 76.9 Å². The molecule has 3 aliphatic rings. The lowest BCUT2D eigenvalue weighted by Gasteiger charge is -2.34. The molecule has 2 aliphatic heterocycles. The monoisotopic (exact) mass is 583 g/mol. The van der Waals surface area contributed by atoms with E-state index in [0.29, 0.717) is 49.1 Å². The van der Waals surface area contributed by atoms with Crippen molar-refractivity contribution in [2.75, 3.05) is 33.2 Å². The number of amides is 3. The SMILES string of the molecule is CN(C(=O)Oc1cccnc1C#N)[C@@H]1CN(C(=O)C2CCN(C(=O)C3(C)CC3)CC2)C[C@H]1c1ccc(Cl)c(Cl)c1. The summed E-state index contributed by atoms with van der Waals surface area (Å²) in [7, 11) is 1.62. The van der Waals surface area contributed by atoms with E-state index in [0.717, 1.165) is 18.4 Å². The Morgan fingerprint density at radius 1 is 1.10 bits per heavy atom. The summed E-state index contributed by atoms with van der Waals surface area (Å²) >= 11 is 12.5. The summed E-state index contributed by atoms with van der Waals surface area (Å²) in [5.74, 6) is -0.127. The normalized spacial score (nSPS) is 22.0. The molecule has 2 aromatic rings. The molecule has 3 amide bonds. The van der Waals surface area contributed by atoms with E-state index in [9.17, 15) is 19.6 Å². The largest absolute Gasteiger partial charge is 0.415 e. The summed E-state index contributed by atoms with van der Waals surface area (Å²) in [6.07, 6.45) is 3.90. The zero-order valence-corrected chi connectivity index (χ0v) is 24.0. The first-order valence-corrected chi connectivity index (χ1v) is 14.2. The number of ether oxygens (including phenoxy) is 1. The second-order valence-corrected chi connectivity index (χ2v) is 12.0. The lowest BCUT2D eigenvalue weighted by molar-refractivity contribution is -0.142. The number of benzene rings is 1. The number of halogens is 2. The van der Waals surface area contributed by atoms with Crippen molar-refractivity contribution in [3.8, 4) is 11.8 Å². The third-order valence-corrected chi connectivity index (χ3v) is 9.22. The highest BCUT2D eigenvalue weighted by Gasteiger charge is 2.48. The Labute approximate surface area is 243 Å². The molecular weight excluding hydrogens is 553 g/mol. The molecule has 0 N–H and O–H groups in total. The molecule has 3 fully saturated rings. The predicted molar refractivity (Wildman–Crippen MR) is 149 cm³/mol. The second kappa shape index (κ2) is 11.3. The zero-order valence-electron chi connectivity index (χ0n) is 22.5. The summed E-state index contributed by atoms with van der Waals surface area (Å²) in [6, 6.07) is 9.95. The standard InChI is InChI=1S/C29H31Cl2N5O4/c1-29(9-10-29)27(38)35-12-7-18(8-13-35)26(37)36-16-20(19-5-6-21(30)22(31)14-19)24(17-36)34(2)28(39)40-25-4-3-11-33-23(25)15-32/h3-6,11,14,18,20,24H,7-10,12-13,16-17H2,1-2H3/t20-,24+/m0/s1. The minimum absolute atomic E-state index is 0.00834. The molecule has 1 saturated carbocycles. The molecule has 5 rings (SSSR count). The van der Waals surface area contributed by atoms with E-state index < -0.39 is 12.1 Å². The number of piperidine rings is 1. The van der Waals surface area contributed by atoms with Crippen LogP contribution < -0.4 is 4.74 Å². The first kappa shape index (κ1) is 28.2. The van der Waals surface area contributed by atoms with Gasteiger partial charge in [-0.1, -0.05) is 36.2 Å². The van der Waals surface area contributed by atoms with E-state index in [2.05, 4.69) is 4.98 Å². The third kappa shape index (κ3) is 5.61. The third-order valence-electron chi connectivity index (χ3n) is 8.48. The summed E-state index contributed by atoms with van der Waals surface area (Å²) in [4.78, 5) is 48.8. The van der Waals surface area contributed by atoms with Crippen LogP contribution in [0.5, 0.6) is 5.75 Å². The van der Waals surface area contributed by atoms with Crippen molar-refractivity contribution in [2.45, 2.75) is 44.6 Å². The van der Waals surface area contributed by atoms with Crippen LogP contribution in [0.25, 0.3) is 0 Å². The van der Waals surface area contributed by atoms with Gasteiger partial charge in [0.05, 0.1) is 16.1 Å². The van der Waals surface area contributed by atoms with Crippen LogP contribution in [0, 0.1) is 22.7 Å². The highest BCUT2D eigenvalue weighted by Crippen LogP contribution is 2.47. The highest BCUT2D eigenvalue weighted by molar-refractivity contribution is 6.42. The highest BCUT2D eigenvalue weighted by atomic mass is 35.5. The van der Waals surface area contributed by atoms with Crippen molar-refractivity contribution in [2.24, 2.45) is 11.3 Å². The Hall–Kier alpha value is -3.35. The smallest absolute Gasteiger partial charge is 0.407 e. The molecule has 11 heteroatoms. The molecule has 0 bridgehead atoms. The van der Waals surface area contributed by atoms with Crippen molar-refractivity contribution < 1.29 is 19.1 Å². The van der Waals surface area contributed by atoms with Gasteiger partial charge >= 0.3 is 6.09 Å². The van der Waals surface area contributed by atoms with Crippen molar-refractivity contribution in [1.82, 2.24) is 19.7 Å². The first-order valence-electron chi connectivity index (χ1n) is 13.4. The van der Waals surface area contributed by atoms with E-state index in [1.165, 1.54) is 17.2 Å². The fourth-order valence-electron chi connectivity index (χ4n) is 5.66. The van der Waals surface area contributed by atoms with E-state index in [-0.39, 0.29) is 40.5 Å². The van der Waals surface area contributed by atoms with Gasteiger partial charge in [0.2, 0.25) is 11.8 Å². The van der Waals surface area contributed by atoms with E-state index in [1.807, 2.05) is 24.0 Å². The molecule has 9 nitrogen and oxygen atoms in total. The molecule has 210 valence electrons. The molecular formula is C29H31Cl2N5O4. The van der Waals surface area contributed by atoms with E-state index >= 15 is 0 Å². The Bertz CT molecular complexity index is 1370. The molecule has 1 aliphatic carbocycles. The van der Waals surface area contributed by atoms with Crippen LogP contribution in [0.1, 0.15) is 49.8 Å². The van der Waals surface area contributed by atoms with Crippen molar-refractivity contribution in [1.29, 1.82) is 5.26 Å². The minimum Gasteiger partial charge on any atom is -0.407 e. The van der Waals surface area contributed by atoms with E-state index in [4.69, 9.17) is 27.9 Å². The first-order chi connectivity index (χ1) is 19.1. The number of pyridine rings is 1. The Morgan fingerprint density at radius 2 is 1.82 bits per heavy atom. The average Bonchev–Trinajstić information content (AvgIpc) is 3.57. The number of nitrogens with zero attached hydrogens (tertiary/aromatic N) is 5. The average molecular weight is 585 g/mol. The van der Waals surface area contributed by atoms with Gasteiger partial charge in [0, 0.05) is 56.7 Å². The number of hydrogen-bond acceptors (Lipinski definition) is 6. The van der Waals surface area contributed by atoms with Gasteiger partial charge < -0.3 is 19.4 Å². The lowest BCUT2D eigenvalue weighted by atomic mass is 9.93. The molecule has 1 aromatic heterocycles. The van der Waals surface area contributed by atoms with E-state index in [1.54, 1.807) is 30.1 Å². The molecule has 0 spiro atoms. The maximum Gasteiger partial charge on any atom is 0.415 e. The molecule has 0 radical (unpaired) electrons. The number of nitriles is 1. The van der Waals surface area contributed by atoms with Crippen LogP contribution in [-0.2, 0) is 9.59 Å². The van der Waals surface area contributed by atoms with Crippen molar-refractivity contribution in [3.63, 3.8) is 0 Å². The van der Waals surface area contributed by atoms with Gasteiger partial charge in [-0.3, -0.25) is 9.59 Å². The lowest BCUT2D eigenvalue weighted by Crippen LogP contribution is -2.46. The van der Waals surface area contributed by atoms with Crippen LogP contribution >= 0.6 is 23.2 Å². The maximum atomic E-state index is 13.7. The Balaban J connectivity index is 1.31. The molecule has 1 aromatic carbocycles. The second-order valence-electron chi connectivity index (χ2n) is 11.2. The zero-order chi connectivity index (χ0) is 28.6. The van der Waals surface area contributed by atoms with Crippen LogP contribution in [0.2, 0.25) is 10.0 Å². The fourth-order valence-corrected chi connectivity index (χ4v) is 5.97. The molecule has 3 heterocycles. The van der Waals surface area contributed by atoms with Crippen LogP contribution in [0.15, 0.2) is 36.5 Å². The fraction of sp³-hybridized carbons (Fsp3) is 0.483. The summed E-state index contributed by atoms with van der Waals surface area (Å²) in [5, 5.41) is 10.1. The summed E-state index contributed by atoms with van der Waals surface area (Å²) < 4.78 is 5.53. The quantitative estimate of drug-likeness (QED) is 0.504. The van der Waals surface area contributed by atoms with Crippen molar-refractivity contribution in [3.05, 3.63) is 57.8 Å². The van der Waals surface area contributed by atoms with Crippen molar-refractivity contribution >= 4 is 41.1 Å². The molecule has 40 heavy (non-hydrogen) atoms. The number of rotatable bonds is 5. The van der Waals surface area contributed by atoms with Gasteiger partial charge in [0.25, 0.3) is 0 Å². The van der Waals surface area contributed by atoms with Gasteiger partial charge in [-0.2, -0.15) is 5.26 Å². The van der Waals surface area contributed by atoms with Crippen LogP contribution in [0.3, 0.4) is 0 Å². The number of aromatic nitrogens is 1. The summed E-state index contributed by atoms with van der Waals surface area (Å²) in [6.45, 7) is 3.88. The molecule has 2 atom stereocenters. The number of carbonyl (C=O) groups excluding carboxylic acids is 3. The van der Waals surface area contributed by atoms with Gasteiger partial charge in [-0.15, -0.1) is 0 Å². The molecule has 2 saturated heterocycles. The number of carbonyl (C=O) groups is 3.